The lowest BCUT2D eigenvalue weighted by atomic mass is 9.85. The van der Waals surface area contributed by atoms with Gasteiger partial charge in [0.15, 0.2) is 0 Å². The maximum absolute atomic E-state index is 11.7. The summed E-state index contributed by atoms with van der Waals surface area (Å²) < 4.78 is 0. The van der Waals surface area contributed by atoms with Crippen molar-refractivity contribution in [2.45, 2.75) is 39.0 Å². The number of rotatable bonds is 6. The molecule has 0 bridgehead atoms. The van der Waals surface area contributed by atoms with Crippen LogP contribution in [0.3, 0.4) is 0 Å². The molecule has 6 nitrogen and oxygen atoms in total. The largest absolute Gasteiger partial charge is 0.368 e. The molecule has 1 saturated heterocycles. The highest BCUT2D eigenvalue weighted by Crippen LogP contribution is 2.26. The number of anilines is 2. The molecule has 6 heteroatoms. The van der Waals surface area contributed by atoms with Gasteiger partial charge in [-0.05, 0) is 32.6 Å². The molecule has 2 fully saturated rings. The zero-order valence-electron chi connectivity index (χ0n) is 13.3. The van der Waals surface area contributed by atoms with Crippen LogP contribution in [0, 0.1) is 12.8 Å². The monoisotopic (exact) mass is 303 g/mol. The summed E-state index contributed by atoms with van der Waals surface area (Å²) in [6.45, 7) is 5.40. The molecule has 0 spiro atoms. The van der Waals surface area contributed by atoms with Crippen molar-refractivity contribution in [2.75, 3.05) is 36.4 Å². The quantitative estimate of drug-likeness (QED) is 0.783. The second-order valence-corrected chi connectivity index (χ2v) is 6.20. The van der Waals surface area contributed by atoms with E-state index in [1.54, 1.807) is 0 Å². The van der Waals surface area contributed by atoms with E-state index in [1.165, 1.54) is 19.3 Å². The number of hydrogen-bond donors (Lipinski definition) is 2. The molecule has 1 saturated carbocycles. The standard InChI is InChI=1S/C16H25N5O/c1-12-19-14(11-15(20-12)21-9-2-3-10-21)17-7-8-18-16(22)13-5-4-6-13/h11,13H,2-10H2,1H3,(H,18,22)(H,17,19,20). The van der Waals surface area contributed by atoms with E-state index in [9.17, 15) is 4.79 Å². The second-order valence-electron chi connectivity index (χ2n) is 6.20. The predicted molar refractivity (Wildman–Crippen MR) is 87.1 cm³/mol. The van der Waals surface area contributed by atoms with E-state index in [2.05, 4.69) is 25.5 Å². The van der Waals surface area contributed by atoms with Crippen LogP contribution in [0.2, 0.25) is 0 Å². The Morgan fingerprint density at radius 2 is 2.00 bits per heavy atom. The van der Waals surface area contributed by atoms with Crippen molar-refractivity contribution in [3.63, 3.8) is 0 Å². The molecular formula is C16H25N5O. The van der Waals surface area contributed by atoms with Crippen molar-refractivity contribution in [2.24, 2.45) is 5.92 Å². The highest BCUT2D eigenvalue weighted by atomic mass is 16.1. The fraction of sp³-hybridized carbons (Fsp3) is 0.688. The third-order valence-corrected chi connectivity index (χ3v) is 4.46. The third-order valence-electron chi connectivity index (χ3n) is 4.46. The van der Waals surface area contributed by atoms with Gasteiger partial charge in [0, 0.05) is 38.2 Å². The normalized spacial score (nSPS) is 18.1. The Morgan fingerprint density at radius 3 is 2.68 bits per heavy atom. The molecule has 2 aliphatic rings. The average molecular weight is 303 g/mol. The lowest BCUT2D eigenvalue weighted by molar-refractivity contribution is -0.127. The van der Waals surface area contributed by atoms with Gasteiger partial charge in [0.1, 0.15) is 17.5 Å². The van der Waals surface area contributed by atoms with Crippen LogP contribution in [0.25, 0.3) is 0 Å². The molecule has 1 aromatic rings. The summed E-state index contributed by atoms with van der Waals surface area (Å²) in [7, 11) is 0. The summed E-state index contributed by atoms with van der Waals surface area (Å²) in [5, 5.41) is 6.27. The number of nitrogens with zero attached hydrogens (tertiary/aromatic N) is 3. The summed E-state index contributed by atoms with van der Waals surface area (Å²) in [6.07, 6.45) is 5.75. The van der Waals surface area contributed by atoms with Crippen molar-refractivity contribution >= 4 is 17.5 Å². The molecule has 120 valence electrons. The minimum atomic E-state index is 0.199. The molecular weight excluding hydrogens is 278 g/mol. The highest BCUT2D eigenvalue weighted by molar-refractivity contribution is 5.79. The summed E-state index contributed by atoms with van der Waals surface area (Å²) in [5.41, 5.74) is 0. The number of aryl methyl sites for hydroxylation is 1. The van der Waals surface area contributed by atoms with E-state index in [0.29, 0.717) is 13.1 Å². The minimum absolute atomic E-state index is 0.199. The Morgan fingerprint density at radius 1 is 1.23 bits per heavy atom. The maximum Gasteiger partial charge on any atom is 0.223 e. The molecule has 22 heavy (non-hydrogen) atoms. The van der Waals surface area contributed by atoms with Gasteiger partial charge in [0.25, 0.3) is 0 Å². The first-order valence-electron chi connectivity index (χ1n) is 8.34. The Hall–Kier alpha value is -1.85. The molecule has 3 rings (SSSR count). The van der Waals surface area contributed by atoms with Gasteiger partial charge in [0.2, 0.25) is 5.91 Å². The minimum Gasteiger partial charge on any atom is -0.368 e. The van der Waals surface area contributed by atoms with Crippen molar-refractivity contribution in [1.82, 2.24) is 15.3 Å². The molecule has 0 radical (unpaired) electrons. The first-order valence-corrected chi connectivity index (χ1v) is 8.34. The van der Waals surface area contributed by atoms with E-state index < -0.39 is 0 Å². The Labute approximate surface area is 131 Å². The van der Waals surface area contributed by atoms with E-state index in [4.69, 9.17) is 0 Å². The van der Waals surface area contributed by atoms with Gasteiger partial charge in [0.05, 0.1) is 0 Å². The molecule has 0 aromatic carbocycles. The number of nitrogens with one attached hydrogen (secondary N) is 2. The predicted octanol–water partition coefficient (Wildman–Crippen LogP) is 1.71. The SMILES string of the molecule is Cc1nc(NCCNC(=O)C2CCC2)cc(N2CCCC2)n1. The van der Waals surface area contributed by atoms with E-state index in [1.807, 2.05) is 13.0 Å². The topological polar surface area (TPSA) is 70.2 Å². The molecule has 1 aliphatic heterocycles. The number of carbonyl (C=O) groups is 1. The molecule has 2 N–H and O–H groups in total. The van der Waals surface area contributed by atoms with E-state index >= 15 is 0 Å². The van der Waals surface area contributed by atoms with Crippen molar-refractivity contribution in [3.05, 3.63) is 11.9 Å². The molecule has 0 unspecified atom stereocenters. The number of aromatic nitrogens is 2. The van der Waals surface area contributed by atoms with Crippen molar-refractivity contribution in [1.29, 1.82) is 0 Å². The third kappa shape index (κ3) is 3.67. The van der Waals surface area contributed by atoms with Crippen LogP contribution in [-0.4, -0.2) is 42.1 Å². The summed E-state index contributed by atoms with van der Waals surface area (Å²) in [4.78, 5) is 23.0. The fourth-order valence-electron chi connectivity index (χ4n) is 2.94. The molecule has 1 aliphatic carbocycles. The van der Waals surface area contributed by atoms with Gasteiger partial charge in [-0.15, -0.1) is 0 Å². The zero-order chi connectivity index (χ0) is 15.4. The van der Waals surface area contributed by atoms with Gasteiger partial charge in [-0.1, -0.05) is 6.42 Å². The van der Waals surface area contributed by atoms with Crippen molar-refractivity contribution < 1.29 is 4.79 Å². The lowest BCUT2D eigenvalue weighted by Crippen LogP contribution is -2.37. The van der Waals surface area contributed by atoms with Gasteiger partial charge >= 0.3 is 0 Å². The van der Waals surface area contributed by atoms with Crippen LogP contribution in [0.4, 0.5) is 11.6 Å². The molecule has 2 heterocycles. The average Bonchev–Trinajstić information content (AvgIpc) is 2.95. The number of hydrogen-bond acceptors (Lipinski definition) is 5. The Bertz CT molecular complexity index is 523. The van der Waals surface area contributed by atoms with Crippen LogP contribution in [0.1, 0.15) is 37.9 Å². The van der Waals surface area contributed by atoms with Gasteiger partial charge in [-0.25, -0.2) is 9.97 Å². The first-order chi connectivity index (χ1) is 10.7. The zero-order valence-corrected chi connectivity index (χ0v) is 13.3. The summed E-state index contributed by atoms with van der Waals surface area (Å²) >= 11 is 0. The maximum atomic E-state index is 11.7. The van der Waals surface area contributed by atoms with Gasteiger partial charge < -0.3 is 15.5 Å². The molecule has 1 amide bonds. The van der Waals surface area contributed by atoms with Crippen molar-refractivity contribution in [3.8, 4) is 0 Å². The number of amides is 1. The number of carbonyl (C=O) groups excluding carboxylic acids is 1. The summed E-state index contributed by atoms with van der Waals surface area (Å²) in [5.74, 6) is 3.08. The molecule has 1 aromatic heterocycles. The Balaban J connectivity index is 1.48. The second kappa shape index (κ2) is 6.94. The van der Waals surface area contributed by atoms with Crippen LogP contribution in [-0.2, 0) is 4.79 Å². The van der Waals surface area contributed by atoms with Gasteiger partial charge in [-0.2, -0.15) is 0 Å². The van der Waals surface area contributed by atoms with Crippen LogP contribution in [0.15, 0.2) is 6.07 Å². The first kappa shape index (κ1) is 15.1. The van der Waals surface area contributed by atoms with E-state index in [-0.39, 0.29) is 11.8 Å². The fourth-order valence-corrected chi connectivity index (χ4v) is 2.94. The lowest BCUT2D eigenvalue weighted by Gasteiger charge is -2.24. The molecule has 0 atom stereocenters. The van der Waals surface area contributed by atoms with Gasteiger partial charge in [-0.3, -0.25) is 4.79 Å². The van der Waals surface area contributed by atoms with E-state index in [0.717, 1.165) is 43.4 Å². The smallest absolute Gasteiger partial charge is 0.223 e. The Kier molecular flexibility index (Phi) is 4.75. The highest BCUT2D eigenvalue weighted by Gasteiger charge is 2.24. The summed E-state index contributed by atoms with van der Waals surface area (Å²) in [6, 6.07) is 2.01. The van der Waals surface area contributed by atoms with Crippen LogP contribution in [0.5, 0.6) is 0 Å². The van der Waals surface area contributed by atoms with Crippen LogP contribution >= 0.6 is 0 Å². The van der Waals surface area contributed by atoms with Crippen LogP contribution < -0.4 is 15.5 Å².